The summed E-state index contributed by atoms with van der Waals surface area (Å²) in [5.74, 6) is 2.31. The van der Waals surface area contributed by atoms with Gasteiger partial charge in [0.2, 0.25) is 5.91 Å². The molecule has 1 saturated heterocycles. The number of carbonyl (C=O) groups is 1. The van der Waals surface area contributed by atoms with Crippen molar-refractivity contribution in [3.05, 3.63) is 22.4 Å². The smallest absolute Gasteiger partial charge is 0.228 e. The number of nitrogens with one attached hydrogen (secondary N) is 1. The van der Waals surface area contributed by atoms with E-state index in [1.54, 1.807) is 6.20 Å². The molecule has 5 heteroatoms. The predicted octanol–water partition coefficient (Wildman–Crippen LogP) is 2.84. The minimum absolute atomic E-state index is 0.119. The standard InChI is InChI=1S/C11H13BrN2OS/c1-7-4-9(5-13-10(7)12)14-11(15)8-2-3-16-6-8/h4-5,8H,2-3,6H2,1H3,(H,14,15). The molecule has 2 heterocycles. The Balaban J connectivity index is 2.02. The van der Waals surface area contributed by atoms with Crippen LogP contribution in [0.5, 0.6) is 0 Å². The van der Waals surface area contributed by atoms with E-state index in [1.165, 1.54) is 0 Å². The van der Waals surface area contributed by atoms with Crippen molar-refractivity contribution in [2.75, 3.05) is 16.8 Å². The monoisotopic (exact) mass is 300 g/mol. The number of aryl methyl sites for hydroxylation is 1. The number of carbonyl (C=O) groups excluding carboxylic acids is 1. The van der Waals surface area contributed by atoms with Gasteiger partial charge in [-0.15, -0.1) is 0 Å². The lowest BCUT2D eigenvalue weighted by Gasteiger charge is -2.10. The number of nitrogens with zero attached hydrogens (tertiary/aromatic N) is 1. The third-order valence-electron chi connectivity index (χ3n) is 2.58. The van der Waals surface area contributed by atoms with Crippen molar-refractivity contribution in [2.45, 2.75) is 13.3 Å². The zero-order valence-electron chi connectivity index (χ0n) is 9.00. The Bertz CT molecular complexity index is 405. The van der Waals surface area contributed by atoms with Crippen LogP contribution < -0.4 is 5.32 Å². The molecule has 1 aliphatic heterocycles. The second-order valence-corrected chi connectivity index (χ2v) is 5.78. The number of hydrogen-bond acceptors (Lipinski definition) is 3. The topological polar surface area (TPSA) is 42.0 Å². The van der Waals surface area contributed by atoms with E-state index in [0.29, 0.717) is 0 Å². The van der Waals surface area contributed by atoms with Gasteiger partial charge in [0.05, 0.1) is 11.9 Å². The lowest BCUT2D eigenvalue weighted by molar-refractivity contribution is -0.119. The SMILES string of the molecule is Cc1cc(NC(=O)C2CCSC2)cnc1Br. The molecular weight excluding hydrogens is 288 g/mol. The molecule has 0 bridgehead atoms. The quantitative estimate of drug-likeness (QED) is 0.854. The van der Waals surface area contributed by atoms with E-state index in [4.69, 9.17) is 0 Å². The Morgan fingerprint density at radius 1 is 1.69 bits per heavy atom. The number of anilines is 1. The van der Waals surface area contributed by atoms with Gasteiger partial charge in [-0.3, -0.25) is 4.79 Å². The van der Waals surface area contributed by atoms with Crippen LogP contribution in [0.15, 0.2) is 16.9 Å². The van der Waals surface area contributed by atoms with E-state index in [9.17, 15) is 4.79 Å². The van der Waals surface area contributed by atoms with Crippen molar-refractivity contribution in [2.24, 2.45) is 5.92 Å². The Hall–Kier alpha value is -0.550. The number of halogens is 1. The number of hydrogen-bond donors (Lipinski definition) is 1. The maximum absolute atomic E-state index is 11.8. The lowest BCUT2D eigenvalue weighted by Crippen LogP contribution is -2.22. The third-order valence-corrected chi connectivity index (χ3v) is 4.58. The summed E-state index contributed by atoms with van der Waals surface area (Å²) in [6.07, 6.45) is 2.66. The Kier molecular flexibility index (Phi) is 3.86. The maximum atomic E-state index is 11.8. The minimum Gasteiger partial charge on any atom is -0.324 e. The van der Waals surface area contributed by atoms with Crippen molar-refractivity contribution in [1.29, 1.82) is 0 Å². The fraction of sp³-hybridized carbons (Fsp3) is 0.455. The van der Waals surface area contributed by atoms with Crippen LogP contribution in [0.25, 0.3) is 0 Å². The average molecular weight is 301 g/mol. The van der Waals surface area contributed by atoms with E-state index in [-0.39, 0.29) is 11.8 Å². The molecule has 1 aromatic heterocycles. The predicted molar refractivity (Wildman–Crippen MR) is 70.7 cm³/mol. The maximum Gasteiger partial charge on any atom is 0.228 e. The first kappa shape index (κ1) is 11.9. The van der Waals surface area contributed by atoms with Crippen molar-refractivity contribution in [3.8, 4) is 0 Å². The summed E-state index contributed by atoms with van der Waals surface area (Å²) in [5, 5.41) is 2.92. The second kappa shape index (κ2) is 5.19. The van der Waals surface area contributed by atoms with E-state index in [2.05, 4.69) is 26.2 Å². The van der Waals surface area contributed by atoms with Crippen LogP contribution in [-0.2, 0) is 4.79 Å². The van der Waals surface area contributed by atoms with Gasteiger partial charge in [0, 0.05) is 11.7 Å². The van der Waals surface area contributed by atoms with E-state index in [0.717, 1.165) is 33.8 Å². The molecule has 3 nitrogen and oxygen atoms in total. The number of pyridine rings is 1. The summed E-state index contributed by atoms with van der Waals surface area (Å²) in [7, 11) is 0. The van der Waals surface area contributed by atoms with Gasteiger partial charge >= 0.3 is 0 Å². The summed E-state index contributed by atoms with van der Waals surface area (Å²) >= 11 is 5.18. The summed E-state index contributed by atoms with van der Waals surface area (Å²) in [6.45, 7) is 1.96. The first-order chi connectivity index (χ1) is 7.66. The van der Waals surface area contributed by atoms with Crippen LogP contribution in [-0.4, -0.2) is 22.4 Å². The number of amides is 1. The van der Waals surface area contributed by atoms with Crippen LogP contribution in [0.4, 0.5) is 5.69 Å². The van der Waals surface area contributed by atoms with Gasteiger partial charge in [-0.1, -0.05) is 0 Å². The molecular formula is C11H13BrN2OS. The molecule has 1 aliphatic rings. The van der Waals surface area contributed by atoms with Crippen LogP contribution in [0, 0.1) is 12.8 Å². The molecule has 2 rings (SSSR count). The average Bonchev–Trinajstić information content (AvgIpc) is 2.77. The van der Waals surface area contributed by atoms with Crippen molar-refractivity contribution >= 4 is 39.3 Å². The molecule has 1 amide bonds. The highest BCUT2D eigenvalue weighted by Crippen LogP contribution is 2.25. The summed E-state index contributed by atoms with van der Waals surface area (Å²) < 4.78 is 0.821. The van der Waals surface area contributed by atoms with Crippen LogP contribution in [0.2, 0.25) is 0 Å². The Morgan fingerprint density at radius 2 is 2.50 bits per heavy atom. The molecule has 1 unspecified atom stereocenters. The molecule has 1 fully saturated rings. The lowest BCUT2D eigenvalue weighted by atomic mass is 10.1. The van der Waals surface area contributed by atoms with Crippen molar-refractivity contribution < 1.29 is 4.79 Å². The number of rotatable bonds is 2. The molecule has 1 atom stereocenters. The van der Waals surface area contributed by atoms with Crippen molar-refractivity contribution in [3.63, 3.8) is 0 Å². The molecule has 0 aromatic carbocycles. The van der Waals surface area contributed by atoms with E-state index in [1.807, 2.05) is 24.8 Å². The molecule has 0 aliphatic carbocycles. The molecule has 0 radical (unpaired) electrons. The highest BCUT2D eigenvalue weighted by Gasteiger charge is 2.23. The van der Waals surface area contributed by atoms with Crippen LogP contribution >= 0.6 is 27.7 Å². The van der Waals surface area contributed by atoms with Gasteiger partial charge in [-0.25, -0.2) is 4.98 Å². The third kappa shape index (κ3) is 2.77. The summed E-state index contributed by atoms with van der Waals surface area (Å²) in [5.41, 5.74) is 1.81. The summed E-state index contributed by atoms with van der Waals surface area (Å²) in [4.78, 5) is 16.0. The Morgan fingerprint density at radius 3 is 3.12 bits per heavy atom. The largest absolute Gasteiger partial charge is 0.324 e. The molecule has 16 heavy (non-hydrogen) atoms. The zero-order chi connectivity index (χ0) is 11.5. The number of thioether (sulfide) groups is 1. The number of aromatic nitrogens is 1. The summed E-state index contributed by atoms with van der Waals surface area (Å²) in [6, 6.07) is 1.93. The van der Waals surface area contributed by atoms with E-state index >= 15 is 0 Å². The molecule has 1 aromatic rings. The first-order valence-corrected chi connectivity index (χ1v) is 7.12. The highest BCUT2D eigenvalue weighted by atomic mass is 79.9. The molecule has 86 valence electrons. The molecule has 0 saturated carbocycles. The van der Waals surface area contributed by atoms with Gasteiger partial charge in [0.15, 0.2) is 0 Å². The minimum atomic E-state index is 0.119. The van der Waals surface area contributed by atoms with Crippen molar-refractivity contribution in [1.82, 2.24) is 4.98 Å². The first-order valence-electron chi connectivity index (χ1n) is 5.17. The van der Waals surface area contributed by atoms with Gasteiger partial charge in [0.1, 0.15) is 4.60 Å². The zero-order valence-corrected chi connectivity index (χ0v) is 11.4. The van der Waals surface area contributed by atoms with Gasteiger partial charge in [-0.05, 0) is 46.7 Å². The normalized spacial score (nSPS) is 19.8. The highest BCUT2D eigenvalue weighted by molar-refractivity contribution is 9.10. The molecule has 1 N–H and O–H groups in total. The Labute approximate surface area is 108 Å². The second-order valence-electron chi connectivity index (χ2n) is 3.88. The van der Waals surface area contributed by atoms with E-state index < -0.39 is 0 Å². The fourth-order valence-electron chi connectivity index (χ4n) is 1.61. The molecule has 0 spiro atoms. The van der Waals surface area contributed by atoms with Gasteiger partial charge in [-0.2, -0.15) is 11.8 Å². The van der Waals surface area contributed by atoms with Crippen LogP contribution in [0.3, 0.4) is 0 Å². The van der Waals surface area contributed by atoms with Gasteiger partial charge < -0.3 is 5.32 Å². The van der Waals surface area contributed by atoms with Crippen LogP contribution in [0.1, 0.15) is 12.0 Å². The fourth-order valence-corrected chi connectivity index (χ4v) is 3.05. The van der Waals surface area contributed by atoms with Gasteiger partial charge in [0.25, 0.3) is 0 Å².